The predicted octanol–water partition coefficient (Wildman–Crippen LogP) is 0.482. The molecule has 0 aromatic heterocycles. The van der Waals surface area contributed by atoms with E-state index in [1.165, 1.54) is 0 Å². The molecule has 0 saturated heterocycles. The van der Waals surface area contributed by atoms with Crippen LogP contribution in [-0.4, -0.2) is 14.4 Å². The molecule has 2 nitrogen and oxygen atoms in total. The Bertz CT molecular complexity index is 116. The molecule has 0 heterocycles. The van der Waals surface area contributed by atoms with Crippen molar-refractivity contribution in [2.75, 3.05) is 6.01 Å². The van der Waals surface area contributed by atoms with Gasteiger partial charge in [-0.15, -0.1) is 0 Å². The van der Waals surface area contributed by atoms with Crippen LogP contribution in [0.5, 0.6) is 0 Å². The van der Waals surface area contributed by atoms with Gasteiger partial charge in [0, 0.05) is 10.7 Å². The van der Waals surface area contributed by atoms with Crippen molar-refractivity contribution in [3.05, 3.63) is 0 Å². The first-order valence-corrected chi connectivity index (χ1v) is 3.52. The van der Waals surface area contributed by atoms with E-state index in [2.05, 4.69) is 10.7 Å². The second kappa shape index (κ2) is 1.75. The fourth-order valence-corrected chi connectivity index (χ4v) is 0. The highest BCUT2D eigenvalue weighted by molar-refractivity contribution is 8.13. The van der Waals surface area contributed by atoms with Gasteiger partial charge >= 0.3 is 0 Å². The Kier molecular flexibility index (Phi) is 1.80. The first-order chi connectivity index (χ1) is 2.56. The molecule has 0 aliphatic carbocycles. The summed E-state index contributed by atoms with van der Waals surface area (Å²) < 4.78 is 29.6. The van der Waals surface area contributed by atoms with Gasteiger partial charge in [0.1, 0.15) is 0 Å². The molecule has 0 unspecified atom stereocenters. The standard InChI is InChI=1S/CH2ClFO2S/c2-6(4,5)1-3/h1H2. The number of rotatable bonds is 1. The van der Waals surface area contributed by atoms with Crippen LogP contribution in [0.4, 0.5) is 4.39 Å². The number of alkyl halides is 1. The van der Waals surface area contributed by atoms with E-state index in [1.807, 2.05) is 0 Å². The van der Waals surface area contributed by atoms with Crippen LogP contribution in [0.2, 0.25) is 0 Å². The molecule has 0 aromatic carbocycles. The lowest BCUT2D eigenvalue weighted by molar-refractivity contribution is 0.545. The molecule has 5 heteroatoms. The Morgan fingerprint density at radius 1 is 1.67 bits per heavy atom. The van der Waals surface area contributed by atoms with Crippen LogP contribution in [0.1, 0.15) is 0 Å². The van der Waals surface area contributed by atoms with Crippen LogP contribution in [0.25, 0.3) is 0 Å². The summed E-state index contributed by atoms with van der Waals surface area (Å²) in [6, 6.07) is -1.49. The first-order valence-electron chi connectivity index (χ1n) is 1.04. The Labute approximate surface area is 39.3 Å². The van der Waals surface area contributed by atoms with E-state index >= 15 is 0 Å². The third-order valence-electron chi connectivity index (χ3n) is 0.130. The molecular formula is CH2ClFO2S. The Balaban J connectivity index is 3.85. The van der Waals surface area contributed by atoms with Gasteiger partial charge in [0.25, 0.3) is 9.05 Å². The topological polar surface area (TPSA) is 34.1 Å². The van der Waals surface area contributed by atoms with Crippen molar-refractivity contribution in [3.63, 3.8) is 0 Å². The molecular weight excluding hydrogens is 131 g/mol. The van der Waals surface area contributed by atoms with Gasteiger partial charge in [0.15, 0.2) is 0 Å². The van der Waals surface area contributed by atoms with Crippen molar-refractivity contribution < 1.29 is 12.8 Å². The van der Waals surface area contributed by atoms with Crippen molar-refractivity contribution in [2.24, 2.45) is 0 Å². The summed E-state index contributed by atoms with van der Waals surface area (Å²) in [5.74, 6) is 0. The fraction of sp³-hybridized carbons (Fsp3) is 1.00. The second-order valence-corrected chi connectivity index (χ2v) is 3.35. The van der Waals surface area contributed by atoms with E-state index in [0.29, 0.717) is 0 Å². The van der Waals surface area contributed by atoms with Crippen LogP contribution in [-0.2, 0) is 9.05 Å². The van der Waals surface area contributed by atoms with E-state index in [0.717, 1.165) is 0 Å². The lowest BCUT2D eigenvalue weighted by atomic mass is 11.8. The highest BCUT2D eigenvalue weighted by atomic mass is 35.7. The molecule has 6 heavy (non-hydrogen) atoms. The summed E-state index contributed by atoms with van der Waals surface area (Å²) in [6.07, 6.45) is 0. The second-order valence-electron chi connectivity index (χ2n) is 0.648. The predicted molar refractivity (Wildman–Crippen MR) is 20.7 cm³/mol. The minimum Gasteiger partial charge on any atom is -0.232 e. The Morgan fingerprint density at radius 2 is 1.83 bits per heavy atom. The lowest BCUT2D eigenvalue weighted by Gasteiger charge is -1.74. The van der Waals surface area contributed by atoms with Crippen LogP contribution in [0, 0.1) is 0 Å². The largest absolute Gasteiger partial charge is 0.261 e. The van der Waals surface area contributed by atoms with Gasteiger partial charge in [0.2, 0.25) is 6.01 Å². The maximum Gasteiger partial charge on any atom is 0.261 e. The quantitative estimate of drug-likeness (QED) is 0.487. The minimum atomic E-state index is -3.86. The zero-order valence-corrected chi connectivity index (χ0v) is 4.26. The van der Waals surface area contributed by atoms with E-state index in [1.54, 1.807) is 0 Å². The van der Waals surface area contributed by atoms with Crippen molar-refractivity contribution >= 4 is 19.7 Å². The molecule has 0 N–H and O–H groups in total. The first kappa shape index (κ1) is 6.17. The molecule has 0 aliphatic heterocycles. The van der Waals surface area contributed by atoms with Gasteiger partial charge in [-0.25, -0.2) is 12.8 Å². The highest BCUT2D eigenvalue weighted by Gasteiger charge is 1.98. The minimum absolute atomic E-state index is 1.49. The molecule has 0 fully saturated rings. The van der Waals surface area contributed by atoms with Crippen LogP contribution in [0.15, 0.2) is 0 Å². The van der Waals surface area contributed by atoms with Crippen LogP contribution >= 0.6 is 10.7 Å². The summed E-state index contributed by atoms with van der Waals surface area (Å²) in [5, 5.41) is 0. The third kappa shape index (κ3) is 4.17. The highest BCUT2D eigenvalue weighted by Crippen LogP contribution is 1.93. The molecule has 0 rings (SSSR count). The van der Waals surface area contributed by atoms with Gasteiger partial charge in [-0.05, 0) is 0 Å². The zero-order chi connectivity index (χ0) is 5.21. The normalized spacial score (nSPS) is 11.7. The van der Waals surface area contributed by atoms with Crippen LogP contribution in [0.3, 0.4) is 0 Å². The van der Waals surface area contributed by atoms with Crippen molar-refractivity contribution in [1.82, 2.24) is 0 Å². The molecule has 38 valence electrons. The van der Waals surface area contributed by atoms with Gasteiger partial charge in [0.05, 0.1) is 0 Å². The molecule has 0 aromatic rings. The maximum atomic E-state index is 10.8. The molecule has 0 atom stereocenters. The molecule has 0 aliphatic rings. The van der Waals surface area contributed by atoms with E-state index in [-0.39, 0.29) is 0 Å². The lowest BCUT2D eigenvalue weighted by Crippen LogP contribution is -1.86. The summed E-state index contributed by atoms with van der Waals surface area (Å²) in [6.45, 7) is 0. The average molecular weight is 133 g/mol. The summed E-state index contributed by atoms with van der Waals surface area (Å²) in [5.41, 5.74) is 0. The van der Waals surface area contributed by atoms with Gasteiger partial charge in [-0.1, -0.05) is 0 Å². The summed E-state index contributed by atoms with van der Waals surface area (Å²) in [7, 11) is 0.458. The molecule has 0 saturated carbocycles. The maximum absolute atomic E-state index is 10.8. The summed E-state index contributed by atoms with van der Waals surface area (Å²) in [4.78, 5) is 0. The molecule has 0 radical (unpaired) electrons. The Morgan fingerprint density at radius 3 is 1.83 bits per heavy atom. The van der Waals surface area contributed by atoms with Gasteiger partial charge in [-0.3, -0.25) is 0 Å². The van der Waals surface area contributed by atoms with Crippen molar-refractivity contribution in [2.45, 2.75) is 0 Å². The van der Waals surface area contributed by atoms with E-state index < -0.39 is 15.1 Å². The Hall–Kier alpha value is 0.170. The monoisotopic (exact) mass is 132 g/mol. The smallest absolute Gasteiger partial charge is 0.232 e. The molecule has 0 bridgehead atoms. The molecule has 0 spiro atoms. The number of halogens is 2. The third-order valence-corrected chi connectivity index (χ3v) is 0.638. The van der Waals surface area contributed by atoms with E-state index in [9.17, 15) is 12.8 Å². The zero-order valence-electron chi connectivity index (χ0n) is 2.69. The van der Waals surface area contributed by atoms with Gasteiger partial charge < -0.3 is 0 Å². The number of hydrogen-bond donors (Lipinski definition) is 0. The van der Waals surface area contributed by atoms with Crippen molar-refractivity contribution in [3.8, 4) is 0 Å². The SMILES string of the molecule is O=S(=O)(Cl)CF. The van der Waals surface area contributed by atoms with Gasteiger partial charge in [-0.2, -0.15) is 0 Å². The summed E-state index contributed by atoms with van der Waals surface area (Å²) >= 11 is 0. The molecule has 0 amide bonds. The van der Waals surface area contributed by atoms with Crippen LogP contribution < -0.4 is 0 Å². The van der Waals surface area contributed by atoms with Crippen molar-refractivity contribution in [1.29, 1.82) is 0 Å². The van der Waals surface area contributed by atoms with E-state index in [4.69, 9.17) is 0 Å². The average Bonchev–Trinajstić information content (AvgIpc) is 1.35. The number of hydrogen-bond acceptors (Lipinski definition) is 2. The fourth-order valence-electron chi connectivity index (χ4n) is 0.